The van der Waals surface area contributed by atoms with Crippen LogP contribution in [0.5, 0.6) is 0 Å². The lowest BCUT2D eigenvalue weighted by Gasteiger charge is -2.09. The molecule has 0 atom stereocenters. The van der Waals surface area contributed by atoms with Gasteiger partial charge < -0.3 is 14.8 Å². The summed E-state index contributed by atoms with van der Waals surface area (Å²) in [4.78, 5) is 34.8. The van der Waals surface area contributed by atoms with Gasteiger partial charge in [0.15, 0.2) is 6.61 Å². The van der Waals surface area contributed by atoms with Crippen molar-refractivity contribution in [2.45, 2.75) is 12.8 Å². The summed E-state index contributed by atoms with van der Waals surface area (Å²) in [5, 5.41) is 4.28. The van der Waals surface area contributed by atoms with E-state index in [1.165, 1.54) is 18.2 Å². The molecule has 0 unspecified atom stereocenters. The average molecular weight is 327 g/mol. The number of esters is 2. The number of ether oxygens (including phenoxy) is 2. The molecule has 124 valence electrons. The third-order valence-corrected chi connectivity index (χ3v) is 4.09. The van der Waals surface area contributed by atoms with Crippen LogP contribution in [0.2, 0.25) is 0 Å². The second-order valence-corrected chi connectivity index (χ2v) is 5.54. The Morgan fingerprint density at radius 1 is 1.08 bits per heavy atom. The Morgan fingerprint density at radius 3 is 2.58 bits per heavy atom. The maximum absolute atomic E-state index is 12.3. The van der Waals surface area contributed by atoms with Crippen molar-refractivity contribution in [1.82, 2.24) is 5.32 Å². The average Bonchev–Trinajstić information content (AvgIpc) is 3.03. The van der Waals surface area contributed by atoms with Crippen LogP contribution in [0.15, 0.2) is 30.3 Å². The van der Waals surface area contributed by atoms with Crippen LogP contribution in [-0.2, 0) is 31.9 Å². The zero-order valence-corrected chi connectivity index (χ0v) is 13.3. The van der Waals surface area contributed by atoms with E-state index >= 15 is 0 Å². The van der Waals surface area contributed by atoms with Gasteiger partial charge in [-0.2, -0.15) is 0 Å². The highest BCUT2D eigenvalue weighted by molar-refractivity contribution is 6.07. The number of carbonyl (C=O) groups excluding carboxylic acids is 3. The summed E-state index contributed by atoms with van der Waals surface area (Å²) in [6.45, 7) is -0.702. The van der Waals surface area contributed by atoms with Crippen molar-refractivity contribution in [2.24, 2.45) is 0 Å². The van der Waals surface area contributed by atoms with Crippen molar-refractivity contribution in [1.29, 1.82) is 0 Å². The zero-order valence-electron chi connectivity index (χ0n) is 13.3. The molecule has 0 radical (unpaired) electrons. The Kier molecular flexibility index (Phi) is 4.46. The first-order valence-corrected chi connectivity index (χ1v) is 7.64. The standard InChI is InChI=1S/C18H17NO5/c1-23-16(21)9-19-15(20)10-24-18(22)14-8-7-12-6-5-11-3-2-4-13(14)17(11)12/h2-4,7-8H,5-6,9-10H2,1H3,(H,19,20). The lowest BCUT2D eigenvalue weighted by Crippen LogP contribution is -2.33. The SMILES string of the molecule is COC(=O)CNC(=O)COC(=O)c1ccc2c3c(cccc13)CC2. The number of nitrogens with one attached hydrogen (secondary N) is 1. The number of hydrogen-bond donors (Lipinski definition) is 1. The number of rotatable bonds is 5. The van der Waals surface area contributed by atoms with E-state index in [1.807, 2.05) is 18.2 Å². The molecule has 0 heterocycles. The van der Waals surface area contributed by atoms with E-state index in [2.05, 4.69) is 16.1 Å². The second kappa shape index (κ2) is 6.70. The van der Waals surface area contributed by atoms with Gasteiger partial charge in [-0.15, -0.1) is 0 Å². The summed E-state index contributed by atoms with van der Waals surface area (Å²) >= 11 is 0. The van der Waals surface area contributed by atoms with Crippen molar-refractivity contribution in [3.05, 3.63) is 47.0 Å². The maximum atomic E-state index is 12.3. The van der Waals surface area contributed by atoms with Gasteiger partial charge in [0, 0.05) is 0 Å². The number of carbonyl (C=O) groups is 3. The Hall–Kier alpha value is -2.89. The Balaban J connectivity index is 1.69. The number of amides is 1. The van der Waals surface area contributed by atoms with Gasteiger partial charge in [-0.3, -0.25) is 9.59 Å². The van der Waals surface area contributed by atoms with Gasteiger partial charge in [0.2, 0.25) is 0 Å². The fourth-order valence-electron chi connectivity index (χ4n) is 2.93. The van der Waals surface area contributed by atoms with Crippen molar-refractivity contribution in [3.63, 3.8) is 0 Å². The van der Waals surface area contributed by atoms with Crippen LogP contribution in [0.25, 0.3) is 10.8 Å². The van der Waals surface area contributed by atoms with Crippen LogP contribution >= 0.6 is 0 Å². The highest BCUT2D eigenvalue weighted by Crippen LogP contribution is 2.32. The number of methoxy groups -OCH3 is 1. The first-order chi connectivity index (χ1) is 11.6. The van der Waals surface area contributed by atoms with Gasteiger partial charge in [-0.05, 0) is 40.8 Å². The van der Waals surface area contributed by atoms with Crippen molar-refractivity contribution in [2.75, 3.05) is 20.3 Å². The third kappa shape index (κ3) is 3.08. The number of aryl methyl sites for hydroxylation is 2. The van der Waals surface area contributed by atoms with Crippen LogP contribution in [0, 0.1) is 0 Å². The largest absolute Gasteiger partial charge is 0.468 e. The summed E-state index contributed by atoms with van der Waals surface area (Å²) in [5.41, 5.74) is 2.90. The van der Waals surface area contributed by atoms with E-state index in [0.29, 0.717) is 5.56 Å². The summed E-state index contributed by atoms with van der Waals surface area (Å²) in [6.07, 6.45) is 1.95. The second-order valence-electron chi connectivity index (χ2n) is 5.54. The van der Waals surface area contributed by atoms with Gasteiger partial charge in [0.25, 0.3) is 5.91 Å². The van der Waals surface area contributed by atoms with Crippen LogP contribution < -0.4 is 5.32 Å². The molecule has 2 aromatic carbocycles. The quantitative estimate of drug-likeness (QED) is 0.839. The minimum absolute atomic E-state index is 0.256. The zero-order chi connectivity index (χ0) is 17.1. The van der Waals surface area contributed by atoms with Gasteiger partial charge in [0.05, 0.1) is 12.7 Å². The molecule has 24 heavy (non-hydrogen) atoms. The molecule has 0 saturated carbocycles. The molecule has 1 N–H and O–H groups in total. The summed E-state index contributed by atoms with van der Waals surface area (Å²) in [7, 11) is 1.23. The minimum atomic E-state index is -0.567. The summed E-state index contributed by atoms with van der Waals surface area (Å²) in [6, 6.07) is 9.55. The lowest BCUT2D eigenvalue weighted by atomic mass is 10.00. The highest BCUT2D eigenvalue weighted by Gasteiger charge is 2.20. The molecule has 0 fully saturated rings. The van der Waals surface area contributed by atoms with Crippen LogP contribution in [-0.4, -0.2) is 38.1 Å². The van der Waals surface area contributed by atoms with Crippen molar-refractivity contribution >= 4 is 28.6 Å². The molecule has 0 spiro atoms. The molecule has 0 bridgehead atoms. The van der Waals surface area contributed by atoms with E-state index in [4.69, 9.17) is 4.74 Å². The highest BCUT2D eigenvalue weighted by atomic mass is 16.5. The summed E-state index contributed by atoms with van der Waals surface area (Å²) in [5.74, 6) is -1.68. The molecular weight excluding hydrogens is 310 g/mol. The predicted octanol–water partition coefficient (Wildman–Crippen LogP) is 1.38. The summed E-state index contributed by atoms with van der Waals surface area (Å²) < 4.78 is 9.47. The van der Waals surface area contributed by atoms with E-state index < -0.39 is 24.5 Å². The molecule has 0 aromatic heterocycles. The maximum Gasteiger partial charge on any atom is 0.339 e. The van der Waals surface area contributed by atoms with Gasteiger partial charge in [-0.25, -0.2) is 4.79 Å². The fraction of sp³-hybridized carbons (Fsp3) is 0.278. The molecule has 0 saturated heterocycles. The Bertz CT molecular complexity index is 817. The molecule has 1 aliphatic carbocycles. The molecule has 1 aliphatic rings. The number of benzene rings is 2. The lowest BCUT2D eigenvalue weighted by molar-refractivity contribution is -0.141. The minimum Gasteiger partial charge on any atom is -0.468 e. The van der Waals surface area contributed by atoms with E-state index in [1.54, 1.807) is 6.07 Å². The Labute approximate surface area is 138 Å². The fourth-order valence-corrected chi connectivity index (χ4v) is 2.93. The van der Waals surface area contributed by atoms with Gasteiger partial charge >= 0.3 is 11.9 Å². The first-order valence-electron chi connectivity index (χ1n) is 7.64. The molecule has 6 nitrogen and oxygen atoms in total. The molecule has 0 aliphatic heterocycles. The van der Waals surface area contributed by atoms with Crippen molar-refractivity contribution < 1.29 is 23.9 Å². The van der Waals surface area contributed by atoms with Crippen LogP contribution in [0.3, 0.4) is 0 Å². The number of hydrogen-bond acceptors (Lipinski definition) is 5. The molecular formula is C18H17NO5. The third-order valence-electron chi connectivity index (χ3n) is 4.09. The molecule has 1 amide bonds. The Morgan fingerprint density at radius 2 is 1.83 bits per heavy atom. The first kappa shape index (κ1) is 16.0. The monoisotopic (exact) mass is 327 g/mol. The topological polar surface area (TPSA) is 81.7 Å². The van der Waals surface area contributed by atoms with Gasteiger partial charge in [-0.1, -0.05) is 24.3 Å². The normalized spacial score (nSPS) is 12.0. The molecule has 3 rings (SSSR count). The van der Waals surface area contributed by atoms with E-state index in [0.717, 1.165) is 23.6 Å². The molecule has 6 heteroatoms. The van der Waals surface area contributed by atoms with Crippen molar-refractivity contribution in [3.8, 4) is 0 Å². The predicted molar refractivity (Wildman–Crippen MR) is 86.7 cm³/mol. The van der Waals surface area contributed by atoms with Crippen LogP contribution in [0.1, 0.15) is 21.5 Å². The molecule has 2 aromatic rings. The smallest absolute Gasteiger partial charge is 0.339 e. The van der Waals surface area contributed by atoms with Gasteiger partial charge in [0.1, 0.15) is 6.54 Å². The van der Waals surface area contributed by atoms with E-state index in [-0.39, 0.29) is 6.54 Å². The van der Waals surface area contributed by atoms with E-state index in [9.17, 15) is 14.4 Å². The van der Waals surface area contributed by atoms with Crippen LogP contribution in [0.4, 0.5) is 0 Å².